The van der Waals surface area contributed by atoms with E-state index in [4.69, 9.17) is 0 Å². The van der Waals surface area contributed by atoms with Gasteiger partial charge in [-0.15, -0.1) is 0 Å². The molecule has 2 rings (SSSR count). The van der Waals surface area contributed by atoms with Crippen LogP contribution in [-0.4, -0.2) is 21.6 Å². The summed E-state index contributed by atoms with van der Waals surface area (Å²) in [4.78, 5) is 20.0. The van der Waals surface area contributed by atoms with Gasteiger partial charge in [-0.05, 0) is 38.1 Å². The van der Waals surface area contributed by atoms with Gasteiger partial charge < -0.3 is 0 Å². The van der Waals surface area contributed by atoms with E-state index in [9.17, 15) is 4.79 Å². The molecule has 2 heterocycles. The molecular weight excluding hydrogens is 240 g/mol. The van der Waals surface area contributed by atoms with E-state index in [2.05, 4.69) is 20.5 Å². The summed E-state index contributed by atoms with van der Waals surface area (Å²) in [5.74, 6) is -0.289. The molecule has 0 aliphatic carbocycles. The number of hydrogen-bond acceptors (Lipinski definition) is 4. The minimum Gasteiger partial charge on any atom is -0.267 e. The van der Waals surface area contributed by atoms with E-state index in [-0.39, 0.29) is 5.91 Å². The topological polar surface area (TPSA) is 67.2 Å². The van der Waals surface area contributed by atoms with Crippen LogP contribution in [0.1, 0.15) is 28.7 Å². The molecule has 0 spiro atoms. The number of nitrogens with zero attached hydrogens (tertiary/aromatic N) is 3. The number of hydrazone groups is 1. The van der Waals surface area contributed by atoms with Gasteiger partial charge in [0.15, 0.2) is 0 Å². The van der Waals surface area contributed by atoms with Crippen LogP contribution < -0.4 is 5.43 Å². The fraction of sp³-hybridized carbons (Fsp3) is 0.143. The van der Waals surface area contributed by atoms with Crippen molar-refractivity contribution in [1.82, 2.24) is 15.4 Å². The van der Waals surface area contributed by atoms with Crippen molar-refractivity contribution in [3.05, 3.63) is 59.7 Å². The standard InChI is InChI=1S/C14H14N4O/c1-10-6-7-12(9-16-10)14(19)18-17-11(2)13-5-3-4-8-15-13/h3-9H,1-2H3,(H,18,19)/b17-11+. The Bertz CT molecular complexity index is 591. The van der Waals surface area contributed by atoms with E-state index in [0.29, 0.717) is 11.3 Å². The average molecular weight is 254 g/mol. The number of nitrogens with one attached hydrogen (secondary N) is 1. The van der Waals surface area contributed by atoms with Crippen LogP contribution in [-0.2, 0) is 0 Å². The second-order valence-electron chi connectivity index (χ2n) is 4.04. The largest absolute Gasteiger partial charge is 0.272 e. The minimum absolute atomic E-state index is 0.289. The molecule has 0 aliphatic rings. The summed E-state index contributed by atoms with van der Waals surface area (Å²) in [5, 5.41) is 4.02. The molecule has 1 N–H and O–H groups in total. The van der Waals surface area contributed by atoms with Crippen LogP contribution in [0.25, 0.3) is 0 Å². The van der Waals surface area contributed by atoms with Crippen molar-refractivity contribution in [3.63, 3.8) is 0 Å². The number of rotatable bonds is 3. The molecule has 5 heteroatoms. The van der Waals surface area contributed by atoms with Crippen molar-refractivity contribution in [1.29, 1.82) is 0 Å². The van der Waals surface area contributed by atoms with Crippen molar-refractivity contribution in [2.75, 3.05) is 0 Å². The summed E-state index contributed by atoms with van der Waals surface area (Å²) in [5.41, 5.74) is 5.20. The van der Waals surface area contributed by atoms with E-state index in [1.807, 2.05) is 25.1 Å². The lowest BCUT2D eigenvalue weighted by molar-refractivity contribution is 0.0954. The van der Waals surface area contributed by atoms with Crippen molar-refractivity contribution in [2.24, 2.45) is 5.10 Å². The molecule has 19 heavy (non-hydrogen) atoms. The lowest BCUT2D eigenvalue weighted by atomic mass is 10.2. The monoisotopic (exact) mass is 254 g/mol. The highest BCUT2D eigenvalue weighted by molar-refractivity contribution is 5.99. The van der Waals surface area contributed by atoms with Gasteiger partial charge in [-0.1, -0.05) is 6.07 Å². The molecule has 0 saturated carbocycles. The van der Waals surface area contributed by atoms with Gasteiger partial charge in [0, 0.05) is 18.1 Å². The molecule has 0 atom stereocenters. The molecule has 0 aromatic carbocycles. The molecule has 1 amide bonds. The summed E-state index contributed by atoms with van der Waals surface area (Å²) in [6.45, 7) is 3.65. The SMILES string of the molecule is C/C(=N\NC(=O)c1ccc(C)nc1)c1ccccn1. The normalized spacial score (nSPS) is 11.2. The van der Waals surface area contributed by atoms with Gasteiger partial charge in [0.25, 0.3) is 5.91 Å². The molecule has 0 bridgehead atoms. The maximum Gasteiger partial charge on any atom is 0.272 e. The number of carbonyl (C=O) groups excluding carboxylic acids is 1. The summed E-state index contributed by atoms with van der Waals surface area (Å²) >= 11 is 0. The third-order valence-electron chi connectivity index (χ3n) is 2.53. The first-order valence-corrected chi connectivity index (χ1v) is 5.85. The summed E-state index contributed by atoms with van der Waals surface area (Å²) in [6, 6.07) is 9.02. The number of amides is 1. The Balaban J connectivity index is 2.06. The van der Waals surface area contributed by atoms with Crippen LogP contribution in [0.15, 0.2) is 47.8 Å². The van der Waals surface area contributed by atoms with Gasteiger partial charge in [-0.2, -0.15) is 5.10 Å². The van der Waals surface area contributed by atoms with Crippen molar-refractivity contribution < 1.29 is 4.79 Å². The third kappa shape index (κ3) is 3.45. The van der Waals surface area contributed by atoms with Crippen LogP contribution >= 0.6 is 0 Å². The van der Waals surface area contributed by atoms with Gasteiger partial charge in [0.05, 0.1) is 17.0 Å². The first-order chi connectivity index (χ1) is 9.16. The van der Waals surface area contributed by atoms with Crippen molar-refractivity contribution in [2.45, 2.75) is 13.8 Å². The Morgan fingerprint density at radius 1 is 1.21 bits per heavy atom. The Morgan fingerprint density at radius 2 is 2.05 bits per heavy atom. The Kier molecular flexibility index (Phi) is 3.97. The highest BCUT2D eigenvalue weighted by Crippen LogP contribution is 2.00. The van der Waals surface area contributed by atoms with E-state index in [0.717, 1.165) is 11.4 Å². The maximum atomic E-state index is 11.8. The van der Waals surface area contributed by atoms with Crippen molar-refractivity contribution in [3.8, 4) is 0 Å². The zero-order valence-electron chi connectivity index (χ0n) is 10.8. The molecule has 2 aromatic heterocycles. The molecule has 0 aliphatic heterocycles. The quantitative estimate of drug-likeness (QED) is 0.672. The minimum atomic E-state index is -0.289. The van der Waals surface area contributed by atoms with Gasteiger partial charge in [-0.3, -0.25) is 14.8 Å². The Morgan fingerprint density at radius 3 is 2.68 bits per heavy atom. The zero-order valence-corrected chi connectivity index (χ0v) is 10.8. The average Bonchev–Trinajstić information content (AvgIpc) is 2.46. The predicted molar refractivity (Wildman–Crippen MR) is 72.9 cm³/mol. The fourth-order valence-electron chi connectivity index (χ4n) is 1.44. The van der Waals surface area contributed by atoms with Gasteiger partial charge in [0.2, 0.25) is 0 Å². The molecule has 0 radical (unpaired) electrons. The third-order valence-corrected chi connectivity index (χ3v) is 2.53. The first kappa shape index (κ1) is 12.9. The maximum absolute atomic E-state index is 11.8. The number of carbonyl (C=O) groups is 1. The van der Waals surface area contributed by atoms with Crippen LogP contribution in [0.4, 0.5) is 0 Å². The smallest absolute Gasteiger partial charge is 0.267 e. The number of pyridine rings is 2. The molecule has 0 unspecified atom stereocenters. The van der Waals surface area contributed by atoms with Crippen molar-refractivity contribution >= 4 is 11.6 Å². The van der Waals surface area contributed by atoms with Crippen LogP contribution in [0.2, 0.25) is 0 Å². The van der Waals surface area contributed by atoms with Crippen LogP contribution in [0.5, 0.6) is 0 Å². The molecule has 5 nitrogen and oxygen atoms in total. The van der Waals surface area contributed by atoms with E-state index >= 15 is 0 Å². The first-order valence-electron chi connectivity index (χ1n) is 5.85. The zero-order chi connectivity index (χ0) is 13.7. The number of aryl methyl sites for hydroxylation is 1. The molecule has 96 valence electrons. The van der Waals surface area contributed by atoms with Gasteiger partial charge in [-0.25, -0.2) is 5.43 Å². The lowest BCUT2D eigenvalue weighted by Gasteiger charge is -2.02. The van der Waals surface area contributed by atoms with Crippen LogP contribution in [0.3, 0.4) is 0 Å². The van der Waals surface area contributed by atoms with Crippen LogP contribution in [0, 0.1) is 6.92 Å². The molecule has 0 fully saturated rings. The second-order valence-corrected chi connectivity index (χ2v) is 4.04. The highest BCUT2D eigenvalue weighted by atomic mass is 16.2. The summed E-state index contributed by atoms with van der Waals surface area (Å²) in [7, 11) is 0. The van der Waals surface area contributed by atoms with E-state index in [1.54, 1.807) is 25.3 Å². The Hall–Kier alpha value is -2.56. The van der Waals surface area contributed by atoms with Gasteiger partial charge in [0.1, 0.15) is 0 Å². The van der Waals surface area contributed by atoms with Gasteiger partial charge >= 0.3 is 0 Å². The lowest BCUT2D eigenvalue weighted by Crippen LogP contribution is -2.19. The summed E-state index contributed by atoms with van der Waals surface area (Å²) in [6.07, 6.45) is 3.20. The van der Waals surface area contributed by atoms with E-state index in [1.165, 1.54) is 6.20 Å². The predicted octanol–water partition coefficient (Wildman–Crippen LogP) is 1.94. The molecule has 0 saturated heterocycles. The molecule has 2 aromatic rings. The molecular formula is C14H14N4O. The second kappa shape index (κ2) is 5.86. The summed E-state index contributed by atoms with van der Waals surface area (Å²) < 4.78 is 0. The highest BCUT2D eigenvalue weighted by Gasteiger charge is 2.05. The number of aromatic nitrogens is 2. The number of hydrogen-bond donors (Lipinski definition) is 1. The fourth-order valence-corrected chi connectivity index (χ4v) is 1.44. The van der Waals surface area contributed by atoms with E-state index < -0.39 is 0 Å². The Labute approximate surface area is 111 Å².